The maximum Gasteiger partial charge on any atom is 0.321 e. The number of carbonyl (C=O) groups is 1. The van der Waals surface area contributed by atoms with E-state index in [2.05, 4.69) is 36.3 Å². The minimum Gasteiger partial charge on any atom is -0.424 e. The Bertz CT molecular complexity index is 1190. The van der Waals surface area contributed by atoms with Gasteiger partial charge in [-0.15, -0.1) is 0 Å². The summed E-state index contributed by atoms with van der Waals surface area (Å²) in [4.78, 5) is 20.9. The molecular formula is C22H18BrN5O2. The molecule has 0 unspecified atom stereocenters. The number of aromatic nitrogens is 4. The topological polar surface area (TPSA) is 81.9 Å². The van der Waals surface area contributed by atoms with E-state index in [0.717, 1.165) is 21.4 Å². The Kier molecular flexibility index (Phi) is 5.58. The lowest BCUT2D eigenvalue weighted by atomic mass is 10.1. The van der Waals surface area contributed by atoms with E-state index >= 15 is 0 Å². The predicted octanol–water partition coefficient (Wildman–Crippen LogP) is 5.09. The van der Waals surface area contributed by atoms with Crippen molar-refractivity contribution in [3.63, 3.8) is 0 Å². The summed E-state index contributed by atoms with van der Waals surface area (Å²) in [5, 5.41) is 7.31. The lowest BCUT2D eigenvalue weighted by molar-refractivity contribution is 0.102. The SMILES string of the molecule is Cc1cc(Oc2ncccn2)ccc1NC(=O)c1cnn(-c2ccc(Br)cc2)c1C. The summed E-state index contributed by atoms with van der Waals surface area (Å²) in [7, 11) is 0. The molecule has 0 fully saturated rings. The fourth-order valence-electron chi connectivity index (χ4n) is 2.95. The van der Waals surface area contributed by atoms with Crippen molar-refractivity contribution in [2.75, 3.05) is 5.32 Å². The third-order valence-corrected chi connectivity index (χ3v) is 5.05. The van der Waals surface area contributed by atoms with E-state index in [-0.39, 0.29) is 11.9 Å². The highest BCUT2D eigenvalue weighted by atomic mass is 79.9. The van der Waals surface area contributed by atoms with Crippen LogP contribution < -0.4 is 10.1 Å². The second-order valence-electron chi connectivity index (χ2n) is 6.60. The van der Waals surface area contributed by atoms with Gasteiger partial charge in [-0.2, -0.15) is 5.10 Å². The second kappa shape index (κ2) is 8.46. The number of aryl methyl sites for hydroxylation is 1. The van der Waals surface area contributed by atoms with Gasteiger partial charge >= 0.3 is 6.01 Å². The maximum absolute atomic E-state index is 12.8. The summed E-state index contributed by atoms with van der Waals surface area (Å²) < 4.78 is 8.36. The van der Waals surface area contributed by atoms with E-state index in [1.165, 1.54) is 0 Å². The molecular weight excluding hydrogens is 446 g/mol. The van der Waals surface area contributed by atoms with Crippen molar-refractivity contribution in [1.82, 2.24) is 19.7 Å². The summed E-state index contributed by atoms with van der Waals surface area (Å²) in [6.45, 7) is 3.76. The van der Waals surface area contributed by atoms with Gasteiger partial charge in [0.15, 0.2) is 0 Å². The van der Waals surface area contributed by atoms with Crippen LogP contribution in [0.3, 0.4) is 0 Å². The van der Waals surface area contributed by atoms with Gasteiger partial charge in [0.2, 0.25) is 0 Å². The van der Waals surface area contributed by atoms with Crippen LogP contribution in [-0.2, 0) is 0 Å². The molecule has 0 spiro atoms. The highest BCUT2D eigenvalue weighted by molar-refractivity contribution is 9.10. The Morgan fingerprint density at radius 2 is 1.80 bits per heavy atom. The molecule has 0 aliphatic rings. The molecule has 0 radical (unpaired) electrons. The molecule has 0 aliphatic heterocycles. The molecule has 0 saturated heterocycles. The van der Waals surface area contributed by atoms with E-state index in [9.17, 15) is 4.79 Å². The Morgan fingerprint density at radius 1 is 1.07 bits per heavy atom. The van der Waals surface area contributed by atoms with Gasteiger partial charge in [0.25, 0.3) is 5.91 Å². The molecule has 4 aromatic rings. The van der Waals surface area contributed by atoms with Gasteiger partial charge in [0, 0.05) is 22.6 Å². The van der Waals surface area contributed by atoms with Gasteiger partial charge in [0.05, 0.1) is 23.1 Å². The summed E-state index contributed by atoms with van der Waals surface area (Å²) in [5.74, 6) is 0.370. The average Bonchev–Trinajstić information content (AvgIpc) is 3.13. The molecule has 1 amide bonds. The molecule has 0 aliphatic carbocycles. The molecule has 4 rings (SSSR count). The van der Waals surface area contributed by atoms with Crippen molar-refractivity contribution in [3.05, 3.63) is 88.4 Å². The first kappa shape index (κ1) is 19.8. The van der Waals surface area contributed by atoms with Gasteiger partial charge in [-0.3, -0.25) is 4.79 Å². The zero-order valence-corrected chi connectivity index (χ0v) is 17.9. The summed E-state index contributed by atoms with van der Waals surface area (Å²) >= 11 is 3.42. The Balaban J connectivity index is 1.51. The van der Waals surface area contributed by atoms with Crippen molar-refractivity contribution in [3.8, 4) is 17.4 Å². The van der Waals surface area contributed by atoms with Crippen LogP contribution in [0.2, 0.25) is 0 Å². The van der Waals surface area contributed by atoms with Gasteiger partial charge in [-0.05, 0) is 67.9 Å². The molecule has 1 N–H and O–H groups in total. The first-order chi connectivity index (χ1) is 14.5. The lowest BCUT2D eigenvalue weighted by Gasteiger charge is -2.11. The third-order valence-electron chi connectivity index (χ3n) is 4.52. The minimum atomic E-state index is -0.223. The third kappa shape index (κ3) is 4.23. The summed E-state index contributed by atoms with van der Waals surface area (Å²) in [6, 6.07) is 15.1. The quantitative estimate of drug-likeness (QED) is 0.445. The van der Waals surface area contributed by atoms with Crippen LogP contribution >= 0.6 is 15.9 Å². The number of halogens is 1. The number of rotatable bonds is 5. The van der Waals surface area contributed by atoms with Crippen LogP contribution in [0.15, 0.2) is 71.6 Å². The fourth-order valence-corrected chi connectivity index (χ4v) is 3.21. The number of benzene rings is 2. The standard InChI is InChI=1S/C22H18BrN5O2/c1-14-12-18(30-22-24-10-3-11-25-22)8-9-20(14)27-21(29)19-13-26-28(15(19)2)17-6-4-16(23)5-7-17/h3-13H,1-2H3,(H,27,29). The molecule has 30 heavy (non-hydrogen) atoms. The van der Waals surface area contributed by atoms with Crippen LogP contribution in [0.1, 0.15) is 21.6 Å². The van der Waals surface area contributed by atoms with Crippen LogP contribution in [0.4, 0.5) is 5.69 Å². The zero-order valence-electron chi connectivity index (χ0n) is 16.3. The Labute approximate surface area is 181 Å². The van der Waals surface area contributed by atoms with E-state index < -0.39 is 0 Å². The fraction of sp³-hybridized carbons (Fsp3) is 0.0909. The highest BCUT2D eigenvalue weighted by Gasteiger charge is 2.16. The normalized spacial score (nSPS) is 10.6. The van der Waals surface area contributed by atoms with E-state index in [1.807, 2.05) is 44.2 Å². The van der Waals surface area contributed by atoms with Gasteiger partial charge in [-0.25, -0.2) is 14.6 Å². The van der Waals surface area contributed by atoms with Crippen LogP contribution in [0, 0.1) is 13.8 Å². The maximum atomic E-state index is 12.8. The molecule has 7 nitrogen and oxygen atoms in total. The molecule has 0 bridgehead atoms. The van der Waals surface area contributed by atoms with Crippen molar-refractivity contribution >= 4 is 27.5 Å². The van der Waals surface area contributed by atoms with Gasteiger partial charge in [-0.1, -0.05) is 15.9 Å². The van der Waals surface area contributed by atoms with E-state index in [1.54, 1.807) is 41.5 Å². The van der Waals surface area contributed by atoms with Crippen molar-refractivity contribution in [2.45, 2.75) is 13.8 Å². The summed E-state index contributed by atoms with van der Waals surface area (Å²) in [6.07, 6.45) is 4.80. The predicted molar refractivity (Wildman–Crippen MR) is 117 cm³/mol. The molecule has 0 saturated carbocycles. The number of hydrogen-bond acceptors (Lipinski definition) is 5. The first-order valence-electron chi connectivity index (χ1n) is 9.19. The smallest absolute Gasteiger partial charge is 0.321 e. The van der Waals surface area contributed by atoms with E-state index in [0.29, 0.717) is 17.0 Å². The highest BCUT2D eigenvalue weighted by Crippen LogP contribution is 2.25. The number of carbonyl (C=O) groups excluding carboxylic acids is 1. The molecule has 2 heterocycles. The number of amides is 1. The molecule has 0 atom stereocenters. The molecule has 150 valence electrons. The summed E-state index contributed by atoms with van der Waals surface area (Å²) in [5.41, 5.74) is 3.70. The van der Waals surface area contributed by atoms with Crippen molar-refractivity contribution in [1.29, 1.82) is 0 Å². The van der Waals surface area contributed by atoms with Crippen LogP contribution in [-0.4, -0.2) is 25.7 Å². The van der Waals surface area contributed by atoms with Gasteiger partial charge < -0.3 is 10.1 Å². The van der Waals surface area contributed by atoms with Gasteiger partial charge in [0.1, 0.15) is 5.75 Å². The molecule has 2 aromatic heterocycles. The number of ether oxygens (including phenoxy) is 1. The van der Waals surface area contributed by atoms with Crippen LogP contribution in [0.5, 0.6) is 11.8 Å². The van der Waals surface area contributed by atoms with Crippen molar-refractivity contribution in [2.24, 2.45) is 0 Å². The first-order valence-corrected chi connectivity index (χ1v) is 9.98. The lowest BCUT2D eigenvalue weighted by Crippen LogP contribution is -2.14. The largest absolute Gasteiger partial charge is 0.424 e. The molecule has 2 aromatic carbocycles. The van der Waals surface area contributed by atoms with Crippen LogP contribution in [0.25, 0.3) is 5.69 Å². The Hall–Kier alpha value is -3.52. The number of nitrogens with zero attached hydrogens (tertiary/aromatic N) is 4. The monoisotopic (exact) mass is 463 g/mol. The number of nitrogens with one attached hydrogen (secondary N) is 1. The second-order valence-corrected chi connectivity index (χ2v) is 7.51. The minimum absolute atomic E-state index is 0.223. The van der Waals surface area contributed by atoms with Crippen molar-refractivity contribution < 1.29 is 9.53 Å². The average molecular weight is 464 g/mol. The molecule has 8 heteroatoms. The number of anilines is 1. The number of hydrogen-bond donors (Lipinski definition) is 1. The zero-order chi connectivity index (χ0) is 21.1. The van der Waals surface area contributed by atoms with E-state index in [4.69, 9.17) is 4.74 Å². The Morgan fingerprint density at radius 3 is 2.50 bits per heavy atom.